The van der Waals surface area contributed by atoms with Gasteiger partial charge < -0.3 is 0 Å². The van der Waals surface area contributed by atoms with Gasteiger partial charge in [-0.15, -0.1) is 0 Å². The predicted octanol–water partition coefficient (Wildman–Crippen LogP) is 6.12. The summed E-state index contributed by atoms with van der Waals surface area (Å²) in [4.78, 5) is 17.8. The third-order valence-electron chi connectivity index (χ3n) is 6.60. The average Bonchev–Trinajstić information content (AvgIpc) is 2.91. The molecule has 0 radical (unpaired) electrons. The SMILES string of the molecule is O=c1c2ccc(C3CCCCCCC3)cc2ncn1C1CCCCCC1. The molecule has 0 N–H and O–H groups in total. The fourth-order valence-electron chi connectivity index (χ4n) is 4.99. The zero-order valence-electron chi connectivity index (χ0n) is 16.0. The summed E-state index contributed by atoms with van der Waals surface area (Å²) in [6.07, 6.45) is 18.5. The molecule has 26 heavy (non-hydrogen) atoms. The van der Waals surface area contributed by atoms with Crippen molar-refractivity contribution in [3.05, 3.63) is 40.4 Å². The maximum absolute atomic E-state index is 13.1. The first-order valence-electron chi connectivity index (χ1n) is 10.8. The molecule has 140 valence electrons. The molecule has 2 aliphatic rings. The van der Waals surface area contributed by atoms with E-state index in [0.29, 0.717) is 12.0 Å². The molecule has 3 heteroatoms. The van der Waals surface area contributed by atoms with Crippen LogP contribution >= 0.6 is 0 Å². The topological polar surface area (TPSA) is 34.9 Å². The highest BCUT2D eigenvalue weighted by Crippen LogP contribution is 2.32. The van der Waals surface area contributed by atoms with Crippen molar-refractivity contribution in [2.75, 3.05) is 0 Å². The minimum absolute atomic E-state index is 0.158. The van der Waals surface area contributed by atoms with E-state index in [9.17, 15) is 4.79 Å². The molecule has 1 heterocycles. The molecule has 2 aliphatic carbocycles. The van der Waals surface area contributed by atoms with Crippen molar-refractivity contribution >= 4 is 10.9 Å². The first kappa shape index (κ1) is 17.8. The van der Waals surface area contributed by atoms with Crippen LogP contribution in [0.4, 0.5) is 0 Å². The lowest BCUT2D eigenvalue weighted by molar-refractivity contribution is 0.430. The number of hydrogen-bond acceptors (Lipinski definition) is 2. The number of aromatic nitrogens is 2. The molecule has 0 unspecified atom stereocenters. The summed E-state index contributed by atoms with van der Waals surface area (Å²) in [5.41, 5.74) is 2.43. The minimum Gasteiger partial charge on any atom is -0.296 e. The molecule has 0 aliphatic heterocycles. The molecule has 0 atom stereocenters. The fourth-order valence-corrected chi connectivity index (χ4v) is 4.99. The zero-order chi connectivity index (χ0) is 17.8. The summed E-state index contributed by atoms with van der Waals surface area (Å²) in [5.74, 6) is 0.644. The van der Waals surface area contributed by atoms with Gasteiger partial charge in [-0.1, -0.05) is 63.9 Å². The largest absolute Gasteiger partial charge is 0.296 e. The Morgan fingerprint density at radius 1 is 0.808 bits per heavy atom. The lowest BCUT2D eigenvalue weighted by Gasteiger charge is -2.21. The van der Waals surface area contributed by atoms with Crippen LogP contribution in [0.15, 0.2) is 29.3 Å². The minimum atomic E-state index is 0.158. The number of fused-ring (bicyclic) bond motifs is 1. The molecule has 0 amide bonds. The third kappa shape index (κ3) is 3.87. The van der Waals surface area contributed by atoms with E-state index < -0.39 is 0 Å². The Bertz CT molecular complexity index is 778. The molecule has 2 saturated carbocycles. The molecule has 0 bridgehead atoms. The molecule has 3 nitrogen and oxygen atoms in total. The van der Waals surface area contributed by atoms with E-state index in [4.69, 9.17) is 4.98 Å². The molecule has 4 rings (SSSR count). The molecular formula is C23H32N2O. The molecule has 1 aromatic carbocycles. The van der Waals surface area contributed by atoms with Crippen molar-refractivity contribution in [2.24, 2.45) is 0 Å². The van der Waals surface area contributed by atoms with Crippen LogP contribution in [-0.2, 0) is 0 Å². The van der Waals surface area contributed by atoms with Crippen molar-refractivity contribution in [2.45, 2.75) is 95.4 Å². The van der Waals surface area contributed by atoms with Crippen LogP contribution in [0.5, 0.6) is 0 Å². The van der Waals surface area contributed by atoms with E-state index >= 15 is 0 Å². The van der Waals surface area contributed by atoms with Crippen LogP contribution in [0.25, 0.3) is 10.9 Å². The zero-order valence-corrected chi connectivity index (χ0v) is 16.0. The van der Waals surface area contributed by atoms with Crippen LogP contribution in [0.3, 0.4) is 0 Å². The summed E-state index contributed by atoms with van der Waals surface area (Å²) in [7, 11) is 0. The number of benzene rings is 1. The van der Waals surface area contributed by atoms with Crippen LogP contribution in [0.1, 0.15) is 101 Å². The third-order valence-corrected chi connectivity index (χ3v) is 6.60. The van der Waals surface area contributed by atoms with Gasteiger partial charge >= 0.3 is 0 Å². The van der Waals surface area contributed by atoms with Gasteiger partial charge in [-0.2, -0.15) is 0 Å². The predicted molar refractivity (Wildman–Crippen MR) is 108 cm³/mol. The van der Waals surface area contributed by atoms with Crippen molar-refractivity contribution in [3.63, 3.8) is 0 Å². The van der Waals surface area contributed by atoms with Crippen molar-refractivity contribution in [1.82, 2.24) is 9.55 Å². The highest BCUT2D eigenvalue weighted by Gasteiger charge is 2.18. The van der Waals surface area contributed by atoms with Gasteiger partial charge in [0.2, 0.25) is 0 Å². The summed E-state index contributed by atoms with van der Waals surface area (Å²) in [6.45, 7) is 0. The van der Waals surface area contributed by atoms with Crippen molar-refractivity contribution in [3.8, 4) is 0 Å². The van der Waals surface area contributed by atoms with Crippen LogP contribution in [0.2, 0.25) is 0 Å². The van der Waals surface area contributed by atoms with Crippen LogP contribution < -0.4 is 5.56 Å². The second-order valence-corrected chi connectivity index (χ2v) is 8.42. The number of nitrogens with zero attached hydrogens (tertiary/aromatic N) is 2. The Morgan fingerprint density at radius 2 is 1.42 bits per heavy atom. The van der Waals surface area contributed by atoms with Crippen LogP contribution in [-0.4, -0.2) is 9.55 Å². The molecule has 0 saturated heterocycles. The number of hydrogen-bond donors (Lipinski definition) is 0. The van der Waals surface area contributed by atoms with Gasteiger partial charge in [0.1, 0.15) is 0 Å². The molecule has 0 spiro atoms. The van der Waals surface area contributed by atoms with Gasteiger partial charge in [0, 0.05) is 6.04 Å². The first-order valence-corrected chi connectivity index (χ1v) is 10.8. The molecule has 2 fully saturated rings. The van der Waals surface area contributed by atoms with Gasteiger partial charge in [0.15, 0.2) is 0 Å². The Hall–Kier alpha value is -1.64. The van der Waals surface area contributed by atoms with E-state index in [0.717, 1.165) is 23.7 Å². The van der Waals surface area contributed by atoms with Gasteiger partial charge in [0.05, 0.1) is 17.2 Å². The first-order chi connectivity index (χ1) is 12.8. The van der Waals surface area contributed by atoms with Crippen molar-refractivity contribution < 1.29 is 0 Å². The van der Waals surface area contributed by atoms with E-state index in [-0.39, 0.29) is 5.56 Å². The van der Waals surface area contributed by atoms with Gasteiger partial charge in [0.25, 0.3) is 5.56 Å². The van der Waals surface area contributed by atoms with Crippen LogP contribution in [0, 0.1) is 0 Å². The highest BCUT2D eigenvalue weighted by molar-refractivity contribution is 5.78. The van der Waals surface area contributed by atoms with Gasteiger partial charge in [-0.3, -0.25) is 9.36 Å². The summed E-state index contributed by atoms with van der Waals surface area (Å²) in [5, 5.41) is 0.798. The lowest BCUT2D eigenvalue weighted by atomic mass is 9.86. The van der Waals surface area contributed by atoms with Crippen molar-refractivity contribution in [1.29, 1.82) is 0 Å². The normalized spacial score (nSPS) is 21.2. The van der Waals surface area contributed by atoms with E-state index in [1.54, 1.807) is 0 Å². The summed E-state index contributed by atoms with van der Waals surface area (Å²) in [6, 6.07) is 6.79. The fraction of sp³-hybridized carbons (Fsp3) is 0.652. The van der Waals surface area contributed by atoms with E-state index in [1.165, 1.54) is 76.2 Å². The molecular weight excluding hydrogens is 320 g/mol. The molecule has 2 aromatic rings. The van der Waals surface area contributed by atoms with Gasteiger partial charge in [-0.05, 0) is 49.3 Å². The second-order valence-electron chi connectivity index (χ2n) is 8.42. The number of rotatable bonds is 2. The maximum Gasteiger partial charge on any atom is 0.261 e. The Balaban J connectivity index is 1.62. The maximum atomic E-state index is 13.1. The quantitative estimate of drug-likeness (QED) is 0.610. The summed E-state index contributed by atoms with van der Waals surface area (Å²) >= 11 is 0. The van der Waals surface area contributed by atoms with E-state index in [1.807, 2.05) is 17.0 Å². The Morgan fingerprint density at radius 3 is 2.12 bits per heavy atom. The van der Waals surface area contributed by atoms with E-state index in [2.05, 4.69) is 12.1 Å². The standard InChI is InChI=1S/C23H32N2O/c26-23-21-15-14-19(18-10-6-2-1-3-7-11-18)16-22(21)24-17-25(23)20-12-8-4-5-9-13-20/h14-18,20H,1-13H2. The Kier molecular flexibility index (Phi) is 5.72. The Labute approximate surface area is 156 Å². The second kappa shape index (κ2) is 8.37. The molecule has 1 aromatic heterocycles. The lowest BCUT2D eigenvalue weighted by Crippen LogP contribution is -2.25. The summed E-state index contributed by atoms with van der Waals surface area (Å²) < 4.78 is 1.92. The highest BCUT2D eigenvalue weighted by atomic mass is 16.1. The smallest absolute Gasteiger partial charge is 0.261 e. The average molecular weight is 353 g/mol. The monoisotopic (exact) mass is 352 g/mol. The van der Waals surface area contributed by atoms with Gasteiger partial charge in [-0.25, -0.2) is 4.98 Å².